The fourth-order valence-corrected chi connectivity index (χ4v) is 4.57. The molecule has 0 bridgehead atoms. The second-order valence-corrected chi connectivity index (χ2v) is 10.4. The van der Waals surface area contributed by atoms with E-state index in [-0.39, 0.29) is 5.56 Å². The first-order valence-electron chi connectivity index (χ1n) is 15.1. The Kier molecular flexibility index (Phi) is 12.9. The summed E-state index contributed by atoms with van der Waals surface area (Å²) in [4.78, 5) is 21.7. The van der Waals surface area contributed by atoms with E-state index in [1.54, 1.807) is 49.6 Å². The topological polar surface area (TPSA) is 106 Å². The molecule has 236 valence electrons. The number of hydrogen-bond acceptors (Lipinski definition) is 5. The number of carboxylic acid groups (broad SMARTS) is 2. The number of rotatable bonds is 11. The van der Waals surface area contributed by atoms with Gasteiger partial charge in [-0.15, -0.1) is 0 Å². The van der Waals surface area contributed by atoms with E-state index in [1.807, 2.05) is 42.5 Å². The van der Waals surface area contributed by atoms with Crippen molar-refractivity contribution in [1.82, 2.24) is 0 Å². The van der Waals surface area contributed by atoms with Crippen LogP contribution in [0.15, 0.2) is 133 Å². The lowest BCUT2D eigenvalue weighted by Gasteiger charge is -2.07. The summed E-state index contributed by atoms with van der Waals surface area (Å²) in [6.45, 7) is 1.58. The SMILES string of the molecule is COc1cccc(-c2ccccc2C(=O)O)c1.O=C(O)c1ccc(OCCCCC2CO2)cc1.c1ccc(-c2ccccc2)cc1. The Morgan fingerprint density at radius 3 is 1.83 bits per heavy atom. The third-order valence-corrected chi connectivity index (χ3v) is 7.11. The summed E-state index contributed by atoms with van der Waals surface area (Å²) in [5.74, 6) is -0.412. The maximum Gasteiger partial charge on any atom is 0.336 e. The molecule has 0 aliphatic carbocycles. The first-order valence-corrected chi connectivity index (χ1v) is 15.1. The summed E-state index contributed by atoms with van der Waals surface area (Å²) in [7, 11) is 1.59. The minimum Gasteiger partial charge on any atom is -0.497 e. The number of epoxide rings is 1. The van der Waals surface area contributed by atoms with Crippen LogP contribution in [0.3, 0.4) is 0 Å². The molecule has 0 saturated carbocycles. The largest absolute Gasteiger partial charge is 0.497 e. The fraction of sp³-hybridized carbons (Fsp3) is 0.179. The molecule has 0 radical (unpaired) electrons. The fourth-order valence-electron chi connectivity index (χ4n) is 4.57. The van der Waals surface area contributed by atoms with E-state index >= 15 is 0 Å². The zero-order valence-corrected chi connectivity index (χ0v) is 25.8. The number of hydrogen-bond donors (Lipinski definition) is 2. The molecule has 7 nitrogen and oxygen atoms in total. The highest BCUT2D eigenvalue weighted by molar-refractivity contribution is 5.96. The van der Waals surface area contributed by atoms with Crippen LogP contribution in [0.2, 0.25) is 0 Å². The Labute approximate surface area is 269 Å². The summed E-state index contributed by atoms with van der Waals surface area (Å²) >= 11 is 0. The third kappa shape index (κ3) is 10.9. The van der Waals surface area contributed by atoms with Crippen molar-refractivity contribution >= 4 is 11.9 Å². The quantitative estimate of drug-likeness (QED) is 0.113. The Balaban J connectivity index is 0.000000159. The van der Waals surface area contributed by atoms with E-state index in [4.69, 9.17) is 24.4 Å². The van der Waals surface area contributed by atoms with Crippen LogP contribution in [-0.2, 0) is 4.74 Å². The summed E-state index contributed by atoms with van der Waals surface area (Å²) in [6, 6.07) is 41.5. The van der Waals surface area contributed by atoms with Crippen LogP contribution < -0.4 is 9.47 Å². The standard InChI is InChI=1S/C14H12O3.C13H16O4.C12H10/c1-17-11-6-4-5-10(9-11)12-7-2-3-8-13(12)14(15)16;14-13(15)10-4-6-11(7-5-10)16-8-2-1-3-12-9-17-12;1-3-7-11(8-4-1)12-9-5-2-6-10-12/h2-9H,1H3,(H,15,16);4-7,12H,1-3,8-9H2,(H,14,15);1-10H. The van der Waals surface area contributed by atoms with E-state index in [0.29, 0.717) is 29.6 Å². The molecular formula is C39H38O7. The van der Waals surface area contributed by atoms with Gasteiger partial charge in [0.05, 0.1) is 37.6 Å². The van der Waals surface area contributed by atoms with Crippen LogP contribution in [0.5, 0.6) is 11.5 Å². The van der Waals surface area contributed by atoms with E-state index in [2.05, 4.69) is 48.5 Å². The lowest BCUT2D eigenvalue weighted by atomic mass is 10.00. The molecule has 6 rings (SSSR count). The minimum absolute atomic E-state index is 0.281. The van der Waals surface area contributed by atoms with Gasteiger partial charge in [-0.05, 0) is 84.0 Å². The minimum atomic E-state index is -0.927. The molecule has 1 aliphatic heterocycles. The molecule has 0 spiro atoms. The van der Waals surface area contributed by atoms with Gasteiger partial charge >= 0.3 is 11.9 Å². The summed E-state index contributed by atoms with van der Waals surface area (Å²) < 4.78 is 15.8. The molecule has 1 atom stereocenters. The number of carbonyl (C=O) groups is 2. The van der Waals surface area contributed by atoms with Crippen molar-refractivity contribution < 1.29 is 34.0 Å². The molecule has 46 heavy (non-hydrogen) atoms. The lowest BCUT2D eigenvalue weighted by molar-refractivity contribution is 0.0686. The van der Waals surface area contributed by atoms with Crippen LogP contribution in [0, 0.1) is 0 Å². The molecule has 5 aromatic rings. The normalized spacial score (nSPS) is 12.8. The molecule has 1 fully saturated rings. The Morgan fingerprint density at radius 2 is 1.26 bits per heavy atom. The zero-order chi connectivity index (χ0) is 32.6. The highest BCUT2D eigenvalue weighted by Crippen LogP contribution is 2.27. The zero-order valence-electron chi connectivity index (χ0n) is 25.8. The maximum atomic E-state index is 11.1. The molecule has 1 saturated heterocycles. The van der Waals surface area contributed by atoms with Gasteiger partial charge in [0.25, 0.3) is 0 Å². The van der Waals surface area contributed by atoms with Crippen LogP contribution in [-0.4, -0.2) is 48.6 Å². The number of carboxylic acids is 2. The van der Waals surface area contributed by atoms with Crippen molar-refractivity contribution in [2.24, 2.45) is 0 Å². The van der Waals surface area contributed by atoms with Crippen molar-refractivity contribution in [2.75, 3.05) is 20.3 Å². The maximum absolute atomic E-state index is 11.1. The average Bonchev–Trinajstić information content (AvgIpc) is 3.94. The van der Waals surface area contributed by atoms with Gasteiger partial charge in [0.2, 0.25) is 0 Å². The molecule has 0 amide bonds. The molecule has 2 N–H and O–H groups in total. The van der Waals surface area contributed by atoms with Gasteiger partial charge in [-0.2, -0.15) is 0 Å². The second-order valence-electron chi connectivity index (χ2n) is 10.4. The lowest BCUT2D eigenvalue weighted by Crippen LogP contribution is -1.99. The molecular weight excluding hydrogens is 580 g/mol. The summed E-state index contributed by atoms with van der Waals surface area (Å²) in [6.07, 6.45) is 3.71. The molecule has 1 unspecified atom stereocenters. The van der Waals surface area contributed by atoms with Gasteiger partial charge in [0.1, 0.15) is 11.5 Å². The predicted molar refractivity (Wildman–Crippen MR) is 180 cm³/mol. The number of benzene rings is 5. The van der Waals surface area contributed by atoms with Gasteiger partial charge < -0.3 is 24.4 Å². The molecule has 5 aromatic carbocycles. The van der Waals surface area contributed by atoms with E-state index < -0.39 is 11.9 Å². The second kappa shape index (κ2) is 17.8. The first-order chi connectivity index (χ1) is 22.4. The smallest absolute Gasteiger partial charge is 0.336 e. The van der Waals surface area contributed by atoms with E-state index in [9.17, 15) is 9.59 Å². The molecule has 7 heteroatoms. The van der Waals surface area contributed by atoms with E-state index in [1.165, 1.54) is 11.1 Å². The first kappa shape index (κ1) is 33.5. The van der Waals surface area contributed by atoms with Gasteiger partial charge in [-0.25, -0.2) is 9.59 Å². The predicted octanol–water partition coefficient (Wildman–Crippen LogP) is 8.75. The van der Waals surface area contributed by atoms with Gasteiger partial charge in [-0.3, -0.25) is 0 Å². The van der Waals surface area contributed by atoms with Gasteiger partial charge in [0, 0.05) is 0 Å². The highest BCUT2D eigenvalue weighted by atomic mass is 16.6. The van der Waals surface area contributed by atoms with Crippen molar-refractivity contribution in [2.45, 2.75) is 25.4 Å². The average molecular weight is 619 g/mol. The monoisotopic (exact) mass is 618 g/mol. The number of aromatic carboxylic acids is 2. The number of unbranched alkanes of at least 4 members (excludes halogenated alkanes) is 1. The van der Waals surface area contributed by atoms with Crippen molar-refractivity contribution in [3.8, 4) is 33.8 Å². The van der Waals surface area contributed by atoms with Gasteiger partial charge in [-0.1, -0.05) is 91.0 Å². The van der Waals surface area contributed by atoms with Gasteiger partial charge in [0.15, 0.2) is 0 Å². The Hall–Kier alpha value is -5.40. The number of ether oxygens (including phenoxy) is 3. The van der Waals surface area contributed by atoms with Crippen LogP contribution >= 0.6 is 0 Å². The summed E-state index contributed by atoms with van der Waals surface area (Å²) in [5.41, 5.74) is 4.65. The Bertz CT molecular complexity index is 1610. The molecule has 1 aliphatic rings. The molecule has 0 aromatic heterocycles. The molecule has 1 heterocycles. The van der Waals surface area contributed by atoms with Crippen LogP contribution in [0.4, 0.5) is 0 Å². The van der Waals surface area contributed by atoms with Crippen molar-refractivity contribution in [3.05, 3.63) is 145 Å². The van der Waals surface area contributed by atoms with Crippen LogP contribution in [0.1, 0.15) is 40.0 Å². The number of methoxy groups -OCH3 is 1. The van der Waals surface area contributed by atoms with E-state index in [0.717, 1.165) is 37.2 Å². The van der Waals surface area contributed by atoms with Crippen molar-refractivity contribution in [3.63, 3.8) is 0 Å². The highest BCUT2D eigenvalue weighted by Gasteiger charge is 2.21. The van der Waals surface area contributed by atoms with Crippen molar-refractivity contribution in [1.29, 1.82) is 0 Å². The summed E-state index contributed by atoms with van der Waals surface area (Å²) in [5, 5.41) is 17.8. The van der Waals surface area contributed by atoms with Crippen LogP contribution in [0.25, 0.3) is 22.3 Å². The third-order valence-electron chi connectivity index (χ3n) is 7.11. The Morgan fingerprint density at radius 1 is 0.674 bits per heavy atom.